The summed E-state index contributed by atoms with van der Waals surface area (Å²) < 4.78 is 13.9. The van der Waals surface area contributed by atoms with E-state index in [4.69, 9.17) is 0 Å². The second kappa shape index (κ2) is 7.27. The molecule has 3 N–H and O–H groups in total. The van der Waals surface area contributed by atoms with E-state index < -0.39 is 5.82 Å². The van der Waals surface area contributed by atoms with Crippen molar-refractivity contribution < 1.29 is 9.50 Å². The van der Waals surface area contributed by atoms with Crippen LogP contribution in [-0.4, -0.2) is 30.3 Å². The largest absolute Gasteiger partial charge is 0.508 e. The Morgan fingerprint density at radius 3 is 2.64 bits per heavy atom. The predicted molar refractivity (Wildman–Crippen MR) is 126 cm³/mol. The Hall–Kier alpha value is -4.52. The summed E-state index contributed by atoms with van der Waals surface area (Å²) in [6.45, 7) is 2.06. The average molecular weight is 435 g/mol. The maximum Gasteiger partial charge on any atom is 0.138 e. The lowest BCUT2D eigenvalue weighted by Crippen LogP contribution is -1.85. The maximum absolute atomic E-state index is 13.9. The molecule has 0 amide bonds. The number of rotatable bonds is 3. The number of hydrogen-bond donors (Lipinski definition) is 3. The van der Waals surface area contributed by atoms with Crippen molar-refractivity contribution >= 4 is 21.9 Å². The number of nitrogens with zero attached hydrogens (tertiary/aromatic N) is 3. The number of aryl methyl sites for hydroxylation is 1. The highest BCUT2D eigenvalue weighted by Gasteiger charge is 2.16. The molecule has 6 aromatic rings. The molecule has 0 aliphatic rings. The quantitative estimate of drug-likeness (QED) is 0.319. The van der Waals surface area contributed by atoms with Gasteiger partial charge in [0.25, 0.3) is 0 Å². The number of aromatic hydroxyl groups is 1. The Labute approximate surface area is 187 Å². The minimum absolute atomic E-state index is 0.123. The van der Waals surface area contributed by atoms with Gasteiger partial charge in [-0.1, -0.05) is 6.07 Å². The number of nitrogens with one attached hydrogen (secondary N) is 2. The zero-order valence-corrected chi connectivity index (χ0v) is 17.6. The van der Waals surface area contributed by atoms with Gasteiger partial charge in [0.15, 0.2) is 0 Å². The van der Waals surface area contributed by atoms with Crippen molar-refractivity contribution in [3.05, 3.63) is 84.6 Å². The molecule has 0 saturated carbocycles. The van der Waals surface area contributed by atoms with Crippen LogP contribution in [0, 0.1) is 12.7 Å². The third-order valence-electron chi connectivity index (χ3n) is 5.89. The highest BCUT2D eigenvalue weighted by Crippen LogP contribution is 2.35. The lowest BCUT2D eigenvalue weighted by molar-refractivity contribution is 0.469. The number of H-pyrrole nitrogens is 2. The Balaban J connectivity index is 1.52. The third kappa shape index (κ3) is 3.22. The summed E-state index contributed by atoms with van der Waals surface area (Å²) in [5, 5.41) is 19.3. The first-order chi connectivity index (χ1) is 16.1. The number of fused-ring (bicyclic) bond motifs is 2. The van der Waals surface area contributed by atoms with Crippen LogP contribution in [-0.2, 0) is 0 Å². The summed E-state index contributed by atoms with van der Waals surface area (Å²) in [5.74, 6) is -0.621. The van der Waals surface area contributed by atoms with Gasteiger partial charge in [-0.25, -0.2) is 9.37 Å². The molecule has 4 aromatic heterocycles. The predicted octanol–water partition coefficient (Wildman–Crippen LogP) is 5.99. The van der Waals surface area contributed by atoms with Crippen molar-refractivity contribution in [2.24, 2.45) is 0 Å². The van der Waals surface area contributed by atoms with E-state index in [2.05, 4.69) is 44.2 Å². The Morgan fingerprint density at radius 2 is 1.79 bits per heavy atom. The van der Waals surface area contributed by atoms with Crippen molar-refractivity contribution in [1.29, 1.82) is 0 Å². The van der Waals surface area contributed by atoms with Gasteiger partial charge in [0, 0.05) is 41.0 Å². The van der Waals surface area contributed by atoms with Crippen LogP contribution in [0.1, 0.15) is 5.56 Å². The van der Waals surface area contributed by atoms with Gasteiger partial charge in [-0.3, -0.25) is 10.1 Å². The molecule has 2 aromatic carbocycles. The monoisotopic (exact) mass is 435 g/mol. The van der Waals surface area contributed by atoms with Gasteiger partial charge >= 0.3 is 0 Å². The topological polar surface area (TPSA) is 90.5 Å². The summed E-state index contributed by atoms with van der Waals surface area (Å²) >= 11 is 0. The van der Waals surface area contributed by atoms with Crippen LogP contribution in [0.5, 0.6) is 5.75 Å². The van der Waals surface area contributed by atoms with Crippen LogP contribution < -0.4 is 0 Å². The van der Waals surface area contributed by atoms with E-state index in [1.54, 1.807) is 18.5 Å². The van der Waals surface area contributed by atoms with Gasteiger partial charge in [0.1, 0.15) is 22.9 Å². The fourth-order valence-corrected chi connectivity index (χ4v) is 4.29. The number of hydrogen-bond acceptors (Lipinski definition) is 4. The van der Waals surface area contributed by atoms with E-state index >= 15 is 0 Å². The van der Waals surface area contributed by atoms with Gasteiger partial charge in [-0.2, -0.15) is 5.10 Å². The van der Waals surface area contributed by atoms with Crippen molar-refractivity contribution in [3.63, 3.8) is 0 Å². The third-order valence-corrected chi connectivity index (χ3v) is 5.89. The second-order valence-corrected chi connectivity index (χ2v) is 8.03. The summed E-state index contributed by atoms with van der Waals surface area (Å²) in [7, 11) is 0. The smallest absolute Gasteiger partial charge is 0.138 e. The summed E-state index contributed by atoms with van der Waals surface area (Å²) in [6, 6.07) is 15.9. The molecule has 0 unspecified atom stereocenters. The molecule has 0 atom stereocenters. The fourth-order valence-electron chi connectivity index (χ4n) is 4.29. The standard InChI is InChI=1S/C26H18FN5O/c1-14-4-6-28-13-22(14)15-2-3-23-21(10-15)25(32-31-23)24-12-20-19(5-7-29-26(20)30-24)16-8-17(27)11-18(33)9-16/h2-13,33H,1H3,(H,29,30)(H,31,32). The SMILES string of the molecule is Cc1ccncc1-c1ccc2[nH]nc(-c3cc4c(-c5cc(O)cc(F)c5)ccnc4[nH]3)c2c1. The first kappa shape index (κ1) is 19.2. The molecule has 6 nitrogen and oxygen atoms in total. The normalized spacial score (nSPS) is 11.5. The molecule has 160 valence electrons. The highest BCUT2D eigenvalue weighted by atomic mass is 19.1. The van der Waals surface area contributed by atoms with Gasteiger partial charge in [0.05, 0.1) is 11.2 Å². The van der Waals surface area contributed by atoms with Crippen molar-refractivity contribution in [1.82, 2.24) is 25.1 Å². The molecule has 0 spiro atoms. The first-order valence-electron chi connectivity index (χ1n) is 10.4. The van der Waals surface area contributed by atoms with Crippen molar-refractivity contribution in [3.8, 4) is 39.4 Å². The Bertz CT molecular complexity index is 1650. The molecule has 0 bridgehead atoms. The van der Waals surface area contributed by atoms with Gasteiger partial charge in [-0.05, 0) is 71.6 Å². The number of halogens is 1. The van der Waals surface area contributed by atoms with E-state index in [1.807, 2.05) is 24.4 Å². The fraction of sp³-hybridized carbons (Fsp3) is 0.0385. The number of phenolic OH excluding ortho intramolecular Hbond substituents is 1. The summed E-state index contributed by atoms with van der Waals surface area (Å²) in [6.07, 6.45) is 5.31. The first-order valence-corrected chi connectivity index (χ1v) is 10.4. The van der Waals surface area contributed by atoms with Crippen LogP contribution >= 0.6 is 0 Å². The summed E-state index contributed by atoms with van der Waals surface area (Å²) in [5.41, 5.74) is 7.73. The molecule has 6 rings (SSSR count). The zero-order valence-electron chi connectivity index (χ0n) is 17.6. The second-order valence-electron chi connectivity index (χ2n) is 8.03. The van der Waals surface area contributed by atoms with E-state index in [-0.39, 0.29) is 5.75 Å². The summed E-state index contributed by atoms with van der Waals surface area (Å²) in [4.78, 5) is 12.0. The van der Waals surface area contributed by atoms with Crippen LogP contribution in [0.25, 0.3) is 55.6 Å². The molecule has 7 heteroatoms. The average Bonchev–Trinajstić information content (AvgIpc) is 3.42. The minimum Gasteiger partial charge on any atom is -0.508 e. The number of aromatic nitrogens is 5. The molecular formula is C26H18FN5O. The molecule has 0 saturated heterocycles. The van der Waals surface area contributed by atoms with E-state index in [9.17, 15) is 9.50 Å². The molecule has 0 fully saturated rings. The van der Waals surface area contributed by atoms with Crippen LogP contribution in [0.2, 0.25) is 0 Å². The zero-order chi connectivity index (χ0) is 22.5. The Morgan fingerprint density at radius 1 is 0.879 bits per heavy atom. The van der Waals surface area contributed by atoms with E-state index in [0.29, 0.717) is 11.2 Å². The van der Waals surface area contributed by atoms with Crippen molar-refractivity contribution in [2.45, 2.75) is 6.92 Å². The van der Waals surface area contributed by atoms with Gasteiger partial charge < -0.3 is 10.1 Å². The molecule has 0 radical (unpaired) electrons. The molecule has 0 aliphatic carbocycles. The maximum atomic E-state index is 13.9. The molecule has 0 aliphatic heterocycles. The lowest BCUT2D eigenvalue weighted by atomic mass is 10.0. The van der Waals surface area contributed by atoms with Crippen LogP contribution in [0.4, 0.5) is 4.39 Å². The van der Waals surface area contributed by atoms with Crippen LogP contribution in [0.15, 0.2) is 73.2 Å². The Kier molecular flexibility index (Phi) is 4.23. The van der Waals surface area contributed by atoms with E-state index in [0.717, 1.165) is 56.0 Å². The van der Waals surface area contributed by atoms with Gasteiger partial charge in [-0.15, -0.1) is 0 Å². The number of benzene rings is 2. The number of pyridine rings is 2. The van der Waals surface area contributed by atoms with E-state index in [1.165, 1.54) is 12.1 Å². The molecule has 33 heavy (non-hydrogen) atoms. The highest BCUT2D eigenvalue weighted by molar-refractivity contribution is 6.00. The molecule has 4 heterocycles. The van der Waals surface area contributed by atoms with Crippen molar-refractivity contribution in [2.75, 3.05) is 0 Å². The lowest BCUT2D eigenvalue weighted by Gasteiger charge is -2.05. The minimum atomic E-state index is -0.498. The van der Waals surface area contributed by atoms with Gasteiger partial charge in [0.2, 0.25) is 0 Å². The molecular weight excluding hydrogens is 417 g/mol. The number of phenols is 1. The van der Waals surface area contributed by atoms with Crippen LogP contribution in [0.3, 0.4) is 0 Å². The number of aromatic amines is 2.